The molecule has 0 radical (unpaired) electrons. The van der Waals surface area contributed by atoms with Crippen LogP contribution in [0.1, 0.15) is 39.7 Å². The first-order valence-electron chi connectivity index (χ1n) is 10.0. The first-order valence-corrected chi connectivity index (χ1v) is 10.4. The second-order valence-electron chi connectivity index (χ2n) is 7.62. The maximum atomic E-state index is 12.8. The fourth-order valence-electron chi connectivity index (χ4n) is 3.27. The van der Waals surface area contributed by atoms with E-state index in [2.05, 4.69) is 5.10 Å². The predicted octanol–water partition coefficient (Wildman–Crippen LogP) is 4.41. The van der Waals surface area contributed by atoms with Gasteiger partial charge in [-0.15, -0.1) is 0 Å². The molecule has 0 fully saturated rings. The average Bonchev–Trinajstić information content (AvgIpc) is 3.02. The summed E-state index contributed by atoms with van der Waals surface area (Å²) in [7, 11) is 1.68. The highest BCUT2D eigenvalue weighted by molar-refractivity contribution is 6.32. The van der Waals surface area contributed by atoms with Crippen LogP contribution in [0.4, 0.5) is 0 Å². The molecule has 1 atom stereocenters. The Morgan fingerprint density at radius 1 is 1.06 bits per heavy atom. The maximum absolute atomic E-state index is 12.8. The van der Waals surface area contributed by atoms with Gasteiger partial charge in [-0.1, -0.05) is 71.8 Å². The van der Waals surface area contributed by atoms with E-state index in [0.717, 1.165) is 16.7 Å². The lowest BCUT2D eigenvalue weighted by molar-refractivity contribution is -0.139. The van der Waals surface area contributed by atoms with Crippen molar-refractivity contribution in [2.75, 3.05) is 7.05 Å². The van der Waals surface area contributed by atoms with E-state index in [4.69, 9.17) is 16.3 Å². The van der Waals surface area contributed by atoms with Crippen LogP contribution in [0, 0.1) is 13.8 Å². The predicted molar refractivity (Wildman–Crippen MR) is 120 cm³/mol. The number of hydrogen-bond acceptors (Lipinski definition) is 4. The van der Waals surface area contributed by atoms with E-state index in [-0.39, 0.29) is 16.6 Å². The molecule has 162 valence electrons. The third-order valence-corrected chi connectivity index (χ3v) is 5.38. The molecule has 0 bridgehead atoms. The Morgan fingerprint density at radius 2 is 1.71 bits per heavy atom. The maximum Gasteiger partial charge on any atom is 0.343 e. The van der Waals surface area contributed by atoms with Crippen molar-refractivity contribution in [1.29, 1.82) is 0 Å². The number of carbonyl (C=O) groups excluding carboxylic acids is 2. The first kappa shape index (κ1) is 22.6. The summed E-state index contributed by atoms with van der Waals surface area (Å²) in [4.78, 5) is 26.9. The highest BCUT2D eigenvalue weighted by Crippen LogP contribution is 2.23. The minimum Gasteiger partial charge on any atom is -0.449 e. The van der Waals surface area contributed by atoms with Gasteiger partial charge in [-0.05, 0) is 31.9 Å². The van der Waals surface area contributed by atoms with Gasteiger partial charge < -0.3 is 9.64 Å². The Labute approximate surface area is 187 Å². The number of hydrogen-bond donors (Lipinski definition) is 0. The molecule has 0 saturated carbocycles. The van der Waals surface area contributed by atoms with Crippen LogP contribution in [-0.2, 0) is 22.6 Å². The molecule has 1 heterocycles. The second kappa shape index (κ2) is 9.79. The van der Waals surface area contributed by atoms with Crippen molar-refractivity contribution in [3.63, 3.8) is 0 Å². The summed E-state index contributed by atoms with van der Waals surface area (Å²) in [5.41, 5.74) is 3.80. The van der Waals surface area contributed by atoms with Gasteiger partial charge in [-0.3, -0.25) is 4.79 Å². The van der Waals surface area contributed by atoms with Gasteiger partial charge in [0, 0.05) is 13.6 Å². The van der Waals surface area contributed by atoms with Crippen LogP contribution in [0.5, 0.6) is 0 Å². The molecule has 31 heavy (non-hydrogen) atoms. The zero-order valence-electron chi connectivity index (χ0n) is 18.1. The van der Waals surface area contributed by atoms with Crippen molar-refractivity contribution < 1.29 is 14.3 Å². The molecule has 7 heteroatoms. The smallest absolute Gasteiger partial charge is 0.343 e. The summed E-state index contributed by atoms with van der Waals surface area (Å²) in [6.07, 6.45) is -0.947. The van der Waals surface area contributed by atoms with Gasteiger partial charge in [0.1, 0.15) is 10.7 Å². The van der Waals surface area contributed by atoms with Gasteiger partial charge in [-0.2, -0.15) is 5.10 Å². The number of ether oxygens (including phenoxy) is 1. The highest BCUT2D eigenvalue weighted by atomic mass is 35.5. The van der Waals surface area contributed by atoms with Crippen molar-refractivity contribution in [2.24, 2.45) is 0 Å². The van der Waals surface area contributed by atoms with Crippen LogP contribution in [0.3, 0.4) is 0 Å². The van der Waals surface area contributed by atoms with Crippen LogP contribution >= 0.6 is 11.6 Å². The molecule has 1 amide bonds. The fraction of sp³-hybridized carbons (Fsp3) is 0.292. The quantitative estimate of drug-likeness (QED) is 0.511. The second-order valence-corrected chi connectivity index (χ2v) is 7.98. The van der Waals surface area contributed by atoms with E-state index in [1.54, 1.807) is 25.6 Å². The zero-order valence-corrected chi connectivity index (χ0v) is 18.9. The normalized spacial score (nSPS) is 11.8. The zero-order chi connectivity index (χ0) is 22.5. The van der Waals surface area contributed by atoms with Crippen LogP contribution < -0.4 is 0 Å². The summed E-state index contributed by atoms with van der Waals surface area (Å²) in [6, 6.07) is 17.6. The van der Waals surface area contributed by atoms with Crippen LogP contribution in [0.25, 0.3) is 0 Å². The molecular weight excluding hydrogens is 414 g/mol. The number of carbonyl (C=O) groups is 2. The number of halogens is 1. The van der Waals surface area contributed by atoms with E-state index >= 15 is 0 Å². The number of likely N-dealkylation sites (N-methyl/N-ethyl adjacent to an activating group) is 1. The van der Waals surface area contributed by atoms with Gasteiger partial charge in [0.2, 0.25) is 0 Å². The summed E-state index contributed by atoms with van der Waals surface area (Å²) >= 11 is 6.44. The van der Waals surface area contributed by atoms with Crippen molar-refractivity contribution in [3.8, 4) is 0 Å². The van der Waals surface area contributed by atoms with Gasteiger partial charge in [-0.25, -0.2) is 9.48 Å². The lowest BCUT2D eigenvalue weighted by atomic mass is 10.1. The SMILES string of the molecule is Cc1ccc(Cn2nc(C)c(C(=O)OC(C)C(=O)N(C)Cc3ccccc3)c2Cl)cc1. The monoisotopic (exact) mass is 439 g/mol. The number of aromatic nitrogens is 2. The third kappa shape index (κ3) is 5.52. The molecule has 0 saturated heterocycles. The van der Waals surface area contributed by atoms with Crippen molar-refractivity contribution in [3.05, 3.63) is 87.7 Å². The number of rotatable bonds is 7. The molecule has 3 aromatic rings. The molecule has 0 spiro atoms. The Kier molecular flexibility index (Phi) is 7.13. The van der Waals surface area contributed by atoms with Gasteiger partial charge in [0.25, 0.3) is 5.91 Å². The Bertz CT molecular complexity index is 1060. The van der Waals surface area contributed by atoms with E-state index in [1.165, 1.54) is 4.90 Å². The van der Waals surface area contributed by atoms with E-state index in [1.807, 2.05) is 61.5 Å². The number of esters is 1. The number of aryl methyl sites for hydroxylation is 2. The standard InChI is InChI=1S/C24H26ClN3O3/c1-16-10-12-20(13-11-16)15-28-22(25)21(17(2)26-28)24(30)31-18(3)23(29)27(4)14-19-8-6-5-7-9-19/h5-13,18H,14-15H2,1-4H3. The lowest BCUT2D eigenvalue weighted by Crippen LogP contribution is -2.37. The van der Waals surface area contributed by atoms with Crippen LogP contribution in [-0.4, -0.2) is 39.7 Å². The molecule has 1 unspecified atom stereocenters. The highest BCUT2D eigenvalue weighted by Gasteiger charge is 2.27. The van der Waals surface area contributed by atoms with Gasteiger partial charge in [0.05, 0.1) is 12.2 Å². The molecule has 0 aliphatic heterocycles. The van der Waals surface area contributed by atoms with E-state index in [0.29, 0.717) is 18.8 Å². The molecule has 3 rings (SSSR count). The molecule has 1 aromatic heterocycles. The lowest BCUT2D eigenvalue weighted by Gasteiger charge is -2.21. The minimum absolute atomic E-state index is 0.180. The molecule has 0 aliphatic rings. The largest absolute Gasteiger partial charge is 0.449 e. The minimum atomic E-state index is -0.947. The van der Waals surface area contributed by atoms with Crippen molar-refractivity contribution in [2.45, 2.75) is 40.0 Å². The van der Waals surface area contributed by atoms with Gasteiger partial charge >= 0.3 is 5.97 Å². The molecule has 0 aliphatic carbocycles. The molecule has 0 N–H and O–H groups in total. The Hall–Kier alpha value is -3.12. The first-order chi connectivity index (χ1) is 14.8. The summed E-state index contributed by atoms with van der Waals surface area (Å²) in [5.74, 6) is -0.954. The van der Waals surface area contributed by atoms with Gasteiger partial charge in [0.15, 0.2) is 6.10 Å². The topological polar surface area (TPSA) is 64.4 Å². The fourth-order valence-corrected chi connectivity index (χ4v) is 3.58. The molecule has 2 aromatic carbocycles. The van der Waals surface area contributed by atoms with Crippen molar-refractivity contribution >= 4 is 23.5 Å². The molecule has 6 nitrogen and oxygen atoms in total. The Balaban J connectivity index is 1.67. The van der Waals surface area contributed by atoms with Crippen LogP contribution in [0.2, 0.25) is 5.15 Å². The average molecular weight is 440 g/mol. The van der Waals surface area contributed by atoms with E-state index < -0.39 is 12.1 Å². The van der Waals surface area contributed by atoms with E-state index in [9.17, 15) is 9.59 Å². The third-order valence-electron chi connectivity index (χ3n) is 4.99. The number of amides is 1. The number of benzene rings is 2. The van der Waals surface area contributed by atoms with Crippen molar-refractivity contribution in [1.82, 2.24) is 14.7 Å². The summed E-state index contributed by atoms with van der Waals surface area (Å²) in [5, 5.41) is 4.58. The number of nitrogens with zero attached hydrogens (tertiary/aromatic N) is 3. The Morgan fingerprint density at radius 3 is 2.35 bits per heavy atom. The summed E-state index contributed by atoms with van der Waals surface area (Å²) < 4.78 is 6.99. The van der Waals surface area contributed by atoms with Crippen LogP contribution in [0.15, 0.2) is 54.6 Å². The summed E-state index contributed by atoms with van der Waals surface area (Å²) in [6.45, 7) is 6.13. The molecular formula is C24H26ClN3O3.